The van der Waals surface area contributed by atoms with Crippen molar-refractivity contribution in [2.24, 2.45) is 0 Å². The molecule has 23 heavy (non-hydrogen) atoms. The van der Waals surface area contributed by atoms with Crippen molar-refractivity contribution in [3.8, 4) is 11.8 Å². The number of benzene rings is 1. The van der Waals surface area contributed by atoms with Gasteiger partial charge in [-0.05, 0) is 24.9 Å². The largest absolute Gasteiger partial charge is 0.313 e. The predicted octanol–water partition coefficient (Wildman–Crippen LogP) is 5.61. The molecule has 1 aromatic rings. The third kappa shape index (κ3) is 9.81. The second-order valence-electron chi connectivity index (χ2n) is 8.78. The van der Waals surface area contributed by atoms with E-state index in [2.05, 4.69) is 86.8 Å². The average molecular weight is 346 g/mol. The van der Waals surface area contributed by atoms with Crippen molar-refractivity contribution >= 4 is 16.1 Å². The van der Waals surface area contributed by atoms with Gasteiger partial charge in [0.25, 0.3) is 0 Å². The number of nitrogens with one attached hydrogen (secondary N) is 1. The van der Waals surface area contributed by atoms with Crippen molar-refractivity contribution in [2.75, 3.05) is 6.54 Å². The van der Waals surface area contributed by atoms with Crippen molar-refractivity contribution < 1.29 is 0 Å². The molecule has 128 valence electrons. The molecule has 0 bridgehead atoms. The Labute approximate surface area is 146 Å². The zero-order valence-electron chi connectivity index (χ0n) is 16.0. The molecule has 0 aliphatic heterocycles. The molecule has 1 aromatic carbocycles. The minimum absolute atomic E-state index is 0.636. The predicted molar refractivity (Wildman–Crippen MR) is 110 cm³/mol. The fourth-order valence-corrected chi connectivity index (χ4v) is 4.66. The van der Waals surface area contributed by atoms with Gasteiger partial charge in [-0.15, -0.1) is 11.8 Å². The minimum Gasteiger partial charge on any atom is -0.313 e. The molecule has 0 saturated carbocycles. The van der Waals surface area contributed by atoms with Crippen molar-refractivity contribution in [1.82, 2.24) is 5.32 Å². The van der Waals surface area contributed by atoms with Gasteiger partial charge in [0, 0.05) is 18.1 Å². The van der Waals surface area contributed by atoms with E-state index in [4.69, 9.17) is 0 Å². The number of hydrogen-bond donors (Lipinski definition) is 1. The van der Waals surface area contributed by atoms with Crippen LogP contribution in [-0.4, -0.2) is 22.7 Å². The summed E-state index contributed by atoms with van der Waals surface area (Å²) in [6.45, 7) is 16.6. The van der Waals surface area contributed by atoms with Crippen molar-refractivity contribution in [2.45, 2.75) is 70.3 Å². The lowest BCUT2D eigenvalue weighted by atomic mass is 10.2. The fraction of sp³-hybridized carbons (Fsp3) is 0.600. The van der Waals surface area contributed by atoms with Gasteiger partial charge >= 0.3 is 0 Å². The highest BCUT2D eigenvalue weighted by Gasteiger charge is 2.24. The van der Waals surface area contributed by atoms with E-state index in [1.165, 1.54) is 18.4 Å². The Balaban J connectivity index is 2.37. The molecular weight excluding hydrogens is 310 g/mol. The lowest BCUT2D eigenvalue weighted by Crippen LogP contribution is -2.28. The second kappa shape index (κ2) is 9.46. The van der Waals surface area contributed by atoms with Gasteiger partial charge in [-0.25, -0.2) is 0 Å². The van der Waals surface area contributed by atoms with Gasteiger partial charge in [0.2, 0.25) is 0 Å². The van der Waals surface area contributed by atoms with Crippen LogP contribution in [0.2, 0.25) is 50.9 Å². The Morgan fingerprint density at radius 2 is 1.65 bits per heavy atom. The molecular formula is C20H35NSi2. The molecule has 3 heteroatoms. The molecule has 0 aliphatic rings. The quantitative estimate of drug-likeness (QED) is 0.367. The summed E-state index contributed by atoms with van der Waals surface area (Å²) in [5, 5.41) is 3.56. The minimum atomic E-state index is -1.19. The third-order valence-electron chi connectivity index (χ3n) is 3.96. The number of rotatable bonds is 8. The van der Waals surface area contributed by atoms with Crippen LogP contribution in [0, 0.1) is 11.8 Å². The van der Waals surface area contributed by atoms with Crippen LogP contribution in [0.25, 0.3) is 0 Å². The number of hydrogen-bond acceptors (Lipinski definition) is 1. The maximum Gasteiger partial charge on any atom is 0.0612 e. The Bertz CT molecular complexity index is 500. The standard InChI is InChI=1S/C20H35NSi2/c1-22(2,3)17-11-15-20(23(4,5)6)14-10-16-21-18-19-12-8-7-9-13-19/h7-9,12-13,20-21H,10,14,16-18H2,1-6H3. The summed E-state index contributed by atoms with van der Waals surface area (Å²) in [5.41, 5.74) is 2.00. The van der Waals surface area contributed by atoms with Crippen LogP contribution in [0.4, 0.5) is 0 Å². The topological polar surface area (TPSA) is 12.0 Å². The summed E-state index contributed by atoms with van der Waals surface area (Å²) in [4.78, 5) is 0. The first-order valence-electron chi connectivity index (χ1n) is 8.91. The average Bonchev–Trinajstić information content (AvgIpc) is 2.44. The Morgan fingerprint density at radius 1 is 1.00 bits per heavy atom. The second-order valence-corrected chi connectivity index (χ2v) is 19.7. The summed E-state index contributed by atoms with van der Waals surface area (Å²) >= 11 is 0. The van der Waals surface area contributed by atoms with E-state index in [-0.39, 0.29) is 0 Å². The summed E-state index contributed by atoms with van der Waals surface area (Å²) in [5.74, 6) is 7.17. The first-order valence-corrected chi connectivity index (χ1v) is 16.2. The summed E-state index contributed by atoms with van der Waals surface area (Å²) in [6.07, 6.45) is 2.47. The zero-order chi connectivity index (χ0) is 17.3. The molecule has 1 N–H and O–H groups in total. The van der Waals surface area contributed by atoms with Gasteiger partial charge in [0.1, 0.15) is 0 Å². The molecule has 0 heterocycles. The lowest BCUT2D eigenvalue weighted by Gasteiger charge is -2.24. The van der Waals surface area contributed by atoms with Crippen LogP contribution in [0.1, 0.15) is 18.4 Å². The molecule has 0 aliphatic carbocycles. The van der Waals surface area contributed by atoms with Crippen LogP contribution in [0.3, 0.4) is 0 Å². The van der Waals surface area contributed by atoms with Gasteiger partial charge in [-0.2, -0.15) is 0 Å². The van der Waals surface area contributed by atoms with Gasteiger partial charge < -0.3 is 5.32 Å². The van der Waals surface area contributed by atoms with Gasteiger partial charge in [0.15, 0.2) is 0 Å². The monoisotopic (exact) mass is 345 g/mol. The first-order chi connectivity index (χ1) is 10.7. The molecule has 0 amide bonds. The van der Waals surface area contributed by atoms with Gasteiger partial charge in [-0.3, -0.25) is 0 Å². The van der Waals surface area contributed by atoms with Crippen LogP contribution in [-0.2, 0) is 6.54 Å². The van der Waals surface area contributed by atoms with E-state index in [9.17, 15) is 0 Å². The fourth-order valence-electron chi connectivity index (χ4n) is 2.42. The third-order valence-corrected chi connectivity index (χ3v) is 7.72. The summed E-state index contributed by atoms with van der Waals surface area (Å²) < 4.78 is 0. The van der Waals surface area contributed by atoms with E-state index in [0.29, 0.717) is 5.54 Å². The molecule has 0 aromatic heterocycles. The molecule has 0 spiro atoms. The van der Waals surface area contributed by atoms with Crippen molar-refractivity contribution in [3.05, 3.63) is 35.9 Å². The van der Waals surface area contributed by atoms with E-state index in [1.807, 2.05) is 0 Å². The molecule has 0 radical (unpaired) electrons. The summed E-state index contributed by atoms with van der Waals surface area (Å²) in [6, 6.07) is 11.8. The van der Waals surface area contributed by atoms with Crippen LogP contribution >= 0.6 is 0 Å². The highest BCUT2D eigenvalue weighted by molar-refractivity contribution is 6.78. The Kier molecular flexibility index (Phi) is 8.32. The lowest BCUT2D eigenvalue weighted by molar-refractivity contribution is 0.625. The van der Waals surface area contributed by atoms with E-state index >= 15 is 0 Å². The molecule has 0 saturated heterocycles. The van der Waals surface area contributed by atoms with Crippen molar-refractivity contribution in [3.63, 3.8) is 0 Å². The van der Waals surface area contributed by atoms with Crippen LogP contribution in [0.15, 0.2) is 30.3 Å². The first kappa shape index (κ1) is 20.2. The normalized spacial score (nSPS) is 13.3. The highest BCUT2D eigenvalue weighted by Crippen LogP contribution is 2.26. The SMILES string of the molecule is C[Si](C)(C)CC#CC(CCCNCc1ccccc1)[Si](C)(C)C. The maximum absolute atomic E-state index is 3.64. The van der Waals surface area contributed by atoms with E-state index in [1.54, 1.807) is 0 Å². The van der Waals surface area contributed by atoms with Crippen LogP contribution in [0.5, 0.6) is 0 Å². The van der Waals surface area contributed by atoms with Gasteiger partial charge in [0.05, 0.1) is 16.1 Å². The summed E-state index contributed by atoms with van der Waals surface area (Å²) in [7, 11) is -2.23. The molecule has 1 nitrogen and oxygen atoms in total. The highest BCUT2D eigenvalue weighted by atomic mass is 28.3. The smallest absolute Gasteiger partial charge is 0.0612 e. The molecule has 1 rings (SSSR count). The van der Waals surface area contributed by atoms with Crippen molar-refractivity contribution in [1.29, 1.82) is 0 Å². The maximum atomic E-state index is 3.64. The zero-order valence-corrected chi connectivity index (χ0v) is 18.0. The molecule has 0 fully saturated rings. The Hall–Kier alpha value is -0.826. The van der Waals surface area contributed by atoms with Gasteiger partial charge in [-0.1, -0.05) is 69.6 Å². The van der Waals surface area contributed by atoms with E-state index < -0.39 is 16.1 Å². The molecule has 1 atom stereocenters. The Morgan fingerprint density at radius 3 is 2.22 bits per heavy atom. The van der Waals surface area contributed by atoms with Crippen LogP contribution < -0.4 is 5.32 Å². The van der Waals surface area contributed by atoms with E-state index in [0.717, 1.165) is 19.1 Å². The molecule has 1 unspecified atom stereocenters.